The molecule has 0 atom stereocenters. The zero-order valence-corrected chi connectivity index (χ0v) is 9.46. The summed E-state index contributed by atoms with van der Waals surface area (Å²) >= 11 is 0. The number of amides is 1. The Balaban J connectivity index is 2.61. The third-order valence-corrected chi connectivity index (χ3v) is 2.22. The van der Waals surface area contributed by atoms with Crippen LogP contribution in [0.15, 0.2) is 4.79 Å². The van der Waals surface area contributed by atoms with Crippen LogP contribution in [0.25, 0.3) is 0 Å². The van der Waals surface area contributed by atoms with Gasteiger partial charge in [-0.25, -0.2) is 4.98 Å². The first-order valence-electron chi connectivity index (χ1n) is 5.10. The molecule has 0 spiro atoms. The van der Waals surface area contributed by atoms with E-state index in [1.165, 1.54) is 6.92 Å². The summed E-state index contributed by atoms with van der Waals surface area (Å²) in [6, 6.07) is 0. The van der Waals surface area contributed by atoms with Crippen LogP contribution in [0.4, 0.5) is 5.95 Å². The molecule has 0 unspecified atom stereocenters. The van der Waals surface area contributed by atoms with E-state index < -0.39 is 0 Å². The molecule has 0 fully saturated rings. The summed E-state index contributed by atoms with van der Waals surface area (Å²) in [5, 5.41) is 2.67. The second-order valence-electron chi connectivity index (χ2n) is 3.60. The van der Waals surface area contributed by atoms with Gasteiger partial charge in [0.1, 0.15) is 0 Å². The first-order chi connectivity index (χ1) is 7.50. The molecule has 88 valence electrons. The minimum Gasteiger partial charge on any atom is -0.369 e. The molecule has 1 rings (SSSR count). The summed E-state index contributed by atoms with van der Waals surface area (Å²) in [5.41, 5.74) is 6.47. The number of hydrogen-bond donors (Lipinski definition) is 3. The summed E-state index contributed by atoms with van der Waals surface area (Å²) in [7, 11) is 0. The van der Waals surface area contributed by atoms with Gasteiger partial charge in [-0.3, -0.25) is 14.6 Å². The second-order valence-corrected chi connectivity index (χ2v) is 3.60. The molecule has 16 heavy (non-hydrogen) atoms. The van der Waals surface area contributed by atoms with Crippen molar-refractivity contribution in [3.8, 4) is 0 Å². The number of nitrogens with two attached hydrogens (primary N) is 1. The highest BCUT2D eigenvalue weighted by molar-refractivity contribution is 5.72. The molecule has 0 aliphatic carbocycles. The number of carbonyl (C=O) groups excluding carboxylic acids is 1. The molecule has 6 nitrogen and oxygen atoms in total. The van der Waals surface area contributed by atoms with Crippen molar-refractivity contribution in [3.05, 3.63) is 21.6 Å². The van der Waals surface area contributed by atoms with Gasteiger partial charge in [0.05, 0.1) is 0 Å². The molecule has 6 heteroatoms. The second kappa shape index (κ2) is 5.29. The Labute approximate surface area is 93.3 Å². The summed E-state index contributed by atoms with van der Waals surface area (Å²) in [4.78, 5) is 28.6. The van der Waals surface area contributed by atoms with Crippen molar-refractivity contribution in [2.24, 2.45) is 0 Å². The quantitative estimate of drug-likeness (QED) is 0.613. The Morgan fingerprint density at radius 3 is 2.81 bits per heavy atom. The van der Waals surface area contributed by atoms with Gasteiger partial charge in [-0.15, -0.1) is 0 Å². The average molecular weight is 224 g/mol. The zero-order valence-electron chi connectivity index (χ0n) is 9.46. The molecule has 1 amide bonds. The molecule has 4 N–H and O–H groups in total. The van der Waals surface area contributed by atoms with Crippen molar-refractivity contribution in [1.82, 2.24) is 15.3 Å². The van der Waals surface area contributed by atoms with Crippen LogP contribution in [0.3, 0.4) is 0 Å². The van der Waals surface area contributed by atoms with E-state index in [0.717, 1.165) is 0 Å². The number of rotatable bonds is 4. The van der Waals surface area contributed by atoms with Crippen LogP contribution in [-0.4, -0.2) is 22.4 Å². The van der Waals surface area contributed by atoms with Crippen molar-refractivity contribution >= 4 is 11.9 Å². The van der Waals surface area contributed by atoms with Gasteiger partial charge in [0.15, 0.2) is 0 Å². The maximum absolute atomic E-state index is 11.5. The number of nitrogens with one attached hydrogen (secondary N) is 2. The van der Waals surface area contributed by atoms with Crippen molar-refractivity contribution < 1.29 is 4.79 Å². The molecule has 1 heterocycles. The predicted molar refractivity (Wildman–Crippen MR) is 61.0 cm³/mol. The van der Waals surface area contributed by atoms with Gasteiger partial charge in [0.2, 0.25) is 11.9 Å². The normalized spacial score (nSPS) is 10.1. The molecule has 0 saturated carbocycles. The lowest BCUT2D eigenvalue weighted by molar-refractivity contribution is -0.118. The van der Waals surface area contributed by atoms with Gasteiger partial charge < -0.3 is 11.1 Å². The lowest BCUT2D eigenvalue weighted by Gasteiger charge is -2.05. The Morgan fingerprint density at radius 2 is 2.25 bits per heavy atom. The van der Waals surface area contributed by atoms with E-state index in [1.807, 2.05) is 0 Å². The molecular formula is C10H16N4O2. The van der Waals surface area contributed by atoms with E-state index in [9.17, 15) is 9.59 Å². The SMILES string of the molecule is CC(=O)NCCCc1c(C)nc(N)[nH]c1=O. The zero-order chi connectivity index (χ0) is 12.1. The van der Waals surface area contributed by atoms with Gasteiger partial charge in [0, 0.05) is 24.7 Å². The molecule has 0 bridgehead atoms. The molecule has 0 aromatic carbocycles. The Kier molecular flexibility index (Phi) is 4.04. The number of aromatic nitrogens is 2. The smallest absolute Gasteiger partial charge is 0.255 e. The van der Waals surface area contributed by atoms with Crippen LogP contribution in [0, 0.1) is 6.92 Å². The van der Waals surface area contributed by atoms with Gasteiger partial charge in [0.25, 0.3) is 5.56 Å². The summed E-state index contributed by atoms with van der Waals surface area (Å²) < 4.78 is 0. The van der Waals surface area contributed by atoms with Gasteiger partial charge >= 0.3 is 0 Å². The van der Waals surface area contributed by atoms with E-state index >= 15 is 0 Å². The largest absolute Gasteiger partial charge is 0.369 e. The lowest BCUT2D eigenvalue weighted by Crippen LogP contribution is -2.23. The van der Waals surface area contributed by atoms with E-state index in [-0.39, 0.29) is 17.4 Å². The number of hydrogen-bond acceptors (Lipinski definition) is 4. The Hall–Kier alpha value is -1.85. The summed E-state index contributed by atoms with van der Waals surface area (Å²) in [6.45, 7) is 3.76. The van der Waals surface area contributed by atoms with E-state index in [1.54, 1.807) is 6.92 Å². The van der Waals surface area contributed by atoms with Crippen molar-refractivity contribution in [1.29, 1.82) is 0 Å². The number of H-pyrrole nitrogens is 1. The number of aromatic amines is 1. The monoisotopic (exact) mass is 224 g/mol. The number of nitrogen functional groups attached to an aromatic ring is 1. The summed E-state index contributed by atoms with van der Waals surface area (Å²) in [5.74, 6) is 0.0640. The van der Waals surface area contributed by atoms with E-state index in [4.69, 9.17) is 5.73 Å². The predicted octanol–water partition coefficient (Wildman–Crippen LogP) is -0.271. The number of aryl methyl sites for hydroxylation is 1. The van der Waals surface area contributed by atoms with Crippen LogP contribution >= 0.6 is 0 Å². The maximum atomic E-state index is 11.5. The van der Waals surface area contributed by atoms with Gasteiger partial charge in [-0.05, 0) is 19.8 Å². The van der Waals surface area contributed by atoms with Gasteiger partial charge in [-0.2, -0.15) is 0 Å². The van der Waals surface area contributed by atoms with E-state index in [0.29, 0.717) is 30.6 Å². The van der Waals surface area contributed by atoms with Gasteiger partial charge in [-0.1, -0.05) is 0 Å². The summed E-state index contributed by atoms with van der Waals surface area (Å²) in [6.07, 6.45) is 1.28. The highest BCUT2D eigenvalue weighted by Gasteiger charge is 2.06. The average Bonchev–Trinajstić information content (AvgIpc) is 2.14. The van der Waals surface area contributed by atoms with Crippen molar-refractivity contribution in [2.75, 3.05) is 12.3 Å². The number of carbonyl (C=O) groups is 1. The molecule has 1 aromatic heterocycles. The maximum Gasteiger partial charge on any atom is 0.255 e. The molecule has 0 saturated heterocycles. The molecule has 0 aliphatic rings. The van der Waals surface area contributed by atoms with Crippen molar-refractivity contribution in [2.45, 2.75) is 26.7 Å². The molecular weight excluding hydrogens is 208 g/mol. The standard InChI is InChI=1S/C10H16N4O2/c1-6-8(4-3-5-12-7(2)15)9(16)14-10(11)13-6/h3-5H2,1-2H3,(H,12,15)(H3,11,13,14,16). The highest BCUT2D eigenvalue weighted by atomic mass is 16.1. The lowest BCUT2D eigenvalue weighted by atomic mass is 10.1. The first-order valence-corrected chi connectivity index (χ1v) is 5.10. The Bertz CT molecular complexity index is 439. The van der Waals surface area contributed by atoms with Crippen LogP contribution in [0.2, 0.25) is 0 Å². The topological polar surface area (TPSA) is 101 Å². The fourth-order valence-electron chi connectivity index (χ4n) is 1.46. The molecule has 0 radical (unpaired) electrons. The highest BCUT2D eigenvalue weighted by Crippen LogP contribution is 2.02. The molecule has 0 aliphatic heterocycles. The third-order valence-electron chi connectivity index (χ3n) is 2.22. The van der Waals surface area contributed by atoms with Crippen LogP contribution < -0.4 is 16.6 Å². The number of anilines is 1. The third kappa shape index (κ3) is 3.38. The minimum absolute atomic E-state index is 0.0685. The minimum atomic E-state index is -0.201. The number of nitrogens with zero attached hydrogens (tertiary/aromatic N) is 1. The van der Waals surface area contributed by atoms with Crippen LogP contribution in [0.5, 0.6) is 0 Å². The van der Waals surface area contributed by atoms with Crippen molar-refractivity contribution in [3.63, 3.8) is 0 Å². The molecule has 1 aromatic rings. The fraction of sp³-hybridized carbons (Fsp3) is 0.500. The van der Waals surface area contributed by atoms with Crippen LogP contribution in [0.1, 0.15) is 24.6 Å². The first kappa shape index (κ1) is 12.2. The fourth-order valence-corrected chi connectivity index (χ4v) is 1.46. The Morgan fingerprint density at radius 1 is 1.56 bits per heavy atom. The van der Waals surface area contributed by atoms with Crippen LogP contribution in [-0.2, 0) is 11.2 Å². The van der Waals surface area contributed by atoms with E-state index in [2.05, 4.69) is 15.3 Å².